The lowest BCUT2D eigenvalue weighted by Gasteiger charge is -2.11. The number of aromatic amines is 2. The molecule has 2 amide bonds. The molecule has 0 unspecified atom stereocenters. The highest BCUT2D eigenvalue weighted by Gasteiger charge is 2.28. The summed E-state index contributed by atoms with van der Waals surface area (Å²) in [5.41, 5.74) is 1.28. The fourth-order valence-corrected chi connectivity index (χ4v) is 10.3. The summed E-state index contributed by atoms with van der Waals surface area (Å²) < 4.78 is 119. The van der Waals surface area contributed by atoms with E-state index < -0.39 is 102 Å². The number of ether oxygens (including phenoxy) is 1. The molecule has 0 fully saturated rings. The first kappa shape index (κ1) is 53.0. The number of carbonyl (C=O) groups is 4. The van der Waals surface area contributed by atoms with E-state index in [1.807, 2.05) is 0 Å². The minimum atomic E-state index is -3.94. The number of halogens is 4. The van der Waals surface area contributed by atoms with Gasteiger partial charge in [0.25, 0.3) is 0 Å². The van der Waals surface area contributed by atoms with Gasteiger partial charge in [-0.25, -0.2) is 44.4 Å². The smallest absolute Gasteiger partial charge is 0.246 e. The Balaban J connectivity index is 0.808. The van der Waals surface area contributed by atoms with Crippen molar-refractivity contribution in [2.75, 3.05) is 34.2 Å². The van der Waals surface area contributed by atoms with Gasteiger partial charge in [-0.2, -0.15) is 0 Å². The van der Waals surface area contributed by atoms with Crippen LogP contribution in [-0.4, -0.2) is 84.9 Å². The van der Waals surface area contributed by atoms with Crippen LogP contribution in [0.25, 0.3) is 44.3 Å². The third-order valence-electron chi connectivity index (χ3n) is 11.7. The molecule has 0 aliphatic carbocycles. The molecule has 0 atom stereocenters. The van der Waals surface area contributed by atoms with Crippen LogP contribution in [0.5, 0.6) is 0 Å². The maximum absolute atomic E-state index is 15.5. The van der Waals surface area contributed by atoms with Crippen LogP contribution < -0.4 is 20.1 Å². The van der Waals surface area contributed by atoms with E-state index in [-0.39, 0.29) is 70.6 Å². The number of benzene rings is 4. The van der Waals surface area contributed by atoms with Gasteiger partial charge in [0.05, 0.1) is 34.0 Å². The van der Waals surface area contributed by atoms with Crippen molar-refractivity contribution in [2.45, 2.75) is 39.8 Å². The molecular formula is C52H46F4N8O9S2. The molecule has 4 aromatic carbocycles. The van der Waals surface area contributed by atoms with Crippen LogP contribution in [-0.2, 0) is 47.5 Å². The quantitative estimate of drug-likeness (QED) is 0.0280. The highest BCUT2D eigenvalue weighted by atomic mass is 32.2. The minimum Gasteiger partial charge on any atom is -0.362 e. The summed E-state index contributed by atoms with van der Waals surface area (Å²) in [6, 6.07) is 20.7. The van der Waals surface area contributed by atoms with Crippen molar-refractivity contribution in [3.05, 3.63) is 166 Å². The number of fused-ring (bicyclic) bond motifs is 2. The average molecular weight is 1070 g/mol. The lowest BCUT2D eigenvalue weighted by molar-refractivity contribution is -0.131. The summed E-state index contributed by atoms with van der Waals surface area (Å²) in [6.07, 6.45) is 6.13. The summed E-state index contributed by atoms with van der Waals surface area (Å²) in [7, 11) is -7.88. The van der Waals surface area contributed by atoms with Crippen LogP contribution >= 0.6 is 0 Å². The van der Waals surface area contributed by atoms with Gasteiger partial charge in [0.1, 0.15) is 36.1 Å². The number of carbonyl (C=O) groups excluding carboxylic acids is 4. The van der Waals surface area contributed by atoms with E-state index >= 15 is 8.78 Å². The van der Waals surface area contributed by atoms with Gasteiger partial charge in [0.2, 0.25) is 43.4 Å². The zero-order valence-corrected chi connectivity index (χ0v) is 41.6. The molecular weight excluding hydrogens is 1020 g/mol. The van der Waals surface area contributed by atoms with Crippen molar-refractivity contribution < 1.29 is 58.3 Å². The third-order valence-corrected chi connectivity index (χ3v) is 14.6. The summed E-state index contributed by atoms with van der Waals surface area (Å²) >= 11 is 0. The highest BCUT2D eigenvalue weighted by molar-refractivity contribution is 7.92. The molecule has 8 rings (SSSR count). The number of nitrogens with one attached hydrogen (secondary N) is 6. The van der Waals surface area contributed by atoms with Crippen molar-refractivity contribution in [3.8, 4) is 22.3 Å². The van der Waals surface area contributed by atoms with Gasteiger partial charge in [-0.05, 0) is 71.5 Å². The van der Waals surface area contributed by atoms with Crippen LogP contribution in [0.3, 0.4) is 0 Å². The van der Waals surface area contributed by atoms with Crippen molar-refractivity contribution in [1.29, 1.82) is 0 Å². The van der Waals surface area contributed by atoms with Crippen molar-refractivity contribution >= 4 is 76.9 Å². The number of pyridine rings is 2. The molecule has 0 bridgehead atoms. The summed E-state index contributed by atoms with van der Waals surface area (Å²) in [6.45, 7) is 2.69. The van der Waals surface area contributed by atoms with E-state index in [1.165, 1.54) is 12.4 Å². The molecule has 23 heteroatoms. The number of H-pyrrole nitrogens is 2. The Bertz CT molecular complexity index is 3500. The van der Waals surface area contributed by atoms with E-state index in [2.05, 4.69) is 40.0 Å². The van der Waals surface area contributed by atoms with E-state index in [0.29, 0.717) is 33.4 Å². The monoisotopic (exact) mass is 1070 g/mol. The molecule has 0 saturated carbocycles. The fourth-order valence-electron chi connectivity index (χ4n) is 7.99. The number of hydrogen-bond acceptors (Lipinski definition) is 11. The van der Waals surface area contributed by atoms with E-state index in [0.717, 1.165) is 24.3 Å². The van der Waals surface area contributed by atoms with Crippen LogP contribution in [0, 0.1) is 23.3 Å². The molecule has 0 saturated heterocycles. The summed E-state index contributed by atoms with van der Waals surface area (Å²) in [5, 5.41) is 5.96. The first-order chi connectivity index (χ1) is 35.8. The second-order valence-corrected chi connectivity index (χ2v) is 20.8. The minimum absolute atomic E-state index is 0.0883. The molecule has 4 aromatic heterocycles. The van der Waals surface area contributed by atoms with Gasteiger partial charge in [0, 0.05) is 70.9 Å². The van der Waals surface area contributed by atoms with Crippen molar-refractivity contribution in [2.24, 2.45) is 0 Å². The Morgan fingerprint density at radius 1 is 0.547 bits per heavy atom. The molecule has 0 radical (unpaired) electrons. The molecule has 4 heterocycles. The number of sulfonamides is 2. The number of rotatable bonds is 22. The second kappa shape index (κ2) is 22.5. The Hall–Kier alpha value is -8.28. The highest BCUT2D eigenvalue weighted by Crippen LogP contribution is 2.32. The van der Waals surface area contributed by atoms with Crippen LogP contribution in [0.2, 0.25) is 0 Å². The average Bonchev–Trinajstić information content (AvgIpc) is 4.02. The number of aromatic nitrogens is 4. The standard InChI is InChI=1S/C52H46F4N8O9S2/c1-3-17-74(69,70)63-41-15-13-39(53)45(47(41)55)49(67)37-25-61-51-35(37)19-33(23-59-51)31-9-5-29(6-10-31)21-57-43(65)27-73-28-44(66)58-22-30-7-11-32(12-8-30)34-20-36-38(26-62-52(36)60-24-34)50(68)46-40(54)14-16-42(48(46)56)64-75(71,72)18-4-2/h5-16,19-20,23-26,63-64H,3-4,17-18,21-22,27-28H2,1-2H3,(H,57,65)(H,58,66)(H,59,61)(H,60,62). The Morgan fingerprint density at radius 2 is 0.933 bits per heavy atom. The van der Waals surface area contributed by atoms with Crippen LogP contribution in [0.1, 0.15) is 69.7 Å². The normalized spacial score (nSPS) is 11.7. The topological polar surface area (TPSA) is 251 Å². The van der Waals surface area contributed by atoms with Gasteiger partial charge in [0.15, 0.2) is 11.6 Å². The number of hydrogen-bond donors (Lipinski definition) is 6. The Labute approximate surface area is 426 Å². The molecule has 388 valence electrons. The maximum Gasteiger partial charge on any atom is 0.246 e. The lowest BCUT2D eigenvalue weighted by Crippen LogP contribution is -2.31. The largest absolute Gasteiger partial charge is 0.362 e. The van der Waals surface area contributed by atoms with Crippen LogP contribution in [0.15, 0.2) is 110 Å². The zero-order valence-electron chi connectivity index (χ0n) is 39.9. The van der Waals surface area contributed by atoms with E-state index in [9.17, 15) is 44.8 Å². The first-order valence-corrected chi connectivity index (χ1v) is 26.5. The number of nitrogens with zero attached hydrogens (tertiary/aromatic N) is 2. The number of amides is 2. The summed E-state index contributed by atoms with van der Waals surface area (Å²) in [4.78, 5) is 66.6. The van der Waals surface area contributed by atoms with Gasteiger partial charge in [-0.1, -0.05) is 62.4 Å². The molecule has 0 aliphatic heterocycles. The lowest BCUT2D eigenvalue weighted by atomic mass is 9.99. The van der Waals surface area contributed by atoms with Gasteiger partial charge < -0.3 is 25.3 Å². The number of anilines is 2. The Morgan fingerprint density at radius 3 is 1.31 bits per heavy atom. The molecule has 0 spiro atoms. The first-order valence-electron chi connectivity index (χ1n) is 23.2. The van der Waals surface area contributed by atoms with E-state index in [1.54, 1.807) is 86.9 Å². The van der Waals surface area contributed by atoms with Crippen molar-refractivity contribution in [3.63, 3.8) is 0 Å². The SMILES string of the molecule is CCCS(=O)(=O)Nc1ccc(F)c(C(=O)c2c[nH]c3ncc(-c4ccc(CNC(=O)COCC(=O)NCc5ccc(-c6cnc7[nH]cc(C(=O)c8c(F)ccc(NS(=O)(=O)CCC)c8F)c7c6)cc5)cc4)cc23)c1F. The van der Waals surface area contributed by atoms with Crippen LogP contribution in [0.4, 0.5) is 28.9 Å². The van der Waals surface area contributed by atoms with Gasteiger partial charge >= 0.3 is 0 Å². The molecule has 17 nitrogen and oxygen atoms in total. The second-order valence-electron chi connectivity index (χ2n) is 17.2. The molecule has 75 heavy (non-hydrogen) atoms. The summed E-state index contributed by atoms with van der Waals surface area (Å²) in [5.74, 6) is -8.65. The predicted molar refractivity (Wildman–Crippen MR) is 273 cm³/mol. The number of ketones is 2. The van der Waals surface area contributed by atoms with E-state index in [4.69, 9.17) is 4.74 Å². The maximum atomic E-state index is 15.5. The molecule has 6 N–H and O–H groups in total. The van der Waals surface area contributed by atoms with Gasteiger partial charge in [-0.15, -0.1) is 0 Å². The van der Waals surface area contributed by atoms with Crippen molar-refractivity contribution in [1.82, 2.24) is 30.6 Å². The fraction of sp³-hybridized carbons (Fsp3) is 0.192. The van der Waals surface area contributed by atoms with Gasteiger partial charge in [-0.3, -0.25) is 28.6 Å². The Kier molecular flexibility index (Phi) is 15.9. The predicted octanol–water partition coefficient (Wildman–Crippen LogP) is 8.04. The zero-order chi connectivity index (χ0) is 53.6. The molecule has 0 aliphatic rings. The third kappa shape index (κ3) is 12.2. The molecule has 8 aromatic rings.